The van der Waals surface area contributed by atoms with Gasteiger partial charge in [-0.3, -0.25) is 4.79 Å². The first-order chi connectivity index (χ1) is 9.43. The highest BCUT2D eigenvalue weighted by molar-refractivity contribution is 5.78. The Hall–Kier alpha value is -0.570. The fourth-order valence-corrected chi connectivity index (χ4v) is 3.00. The fraction of sp³-hybridized carbons (Fsp3) is 0.941. The zero-order chi connectivity index (χ0) is 15.1. The molecular weight excluding hydrogens is 248 g/mol. The molecule has 118 valence electrons. The van der Waals surface area contributed by atoms with E-state index in [0.717, 1.165) is 19.6 Å². The minimum atomic E-state index is 0.116. The third-order valence-corrected chi connectivity index (χ3v) is 4.12. The summed E-state index contributed by atoms with van der Waals surface area (Å²) in [5.41, 5.74) is 0. The van der Waals surface area contributed by atoms with Crippen molar-refractivity contribution in [2.45, 2.75) is 66.3 Å². The van der Waals surface area contributed by atoms with Crippen molar-refractivity contribution >= 4 is 5.91 Å². The lowest BCUT2D eigenvalue weighted by Gasteiger charge is -2.39. The average molecular weight is 282 g/mol. The van der Waals surface area contributed by atoms with Gasteiger partial charge >= 0.3 is 0 Å². The molecule has 1 amide bonds. The molecule has 1 saturated heterocycles. The molecule has 20 heavy (non-hydrogen) atoms. The number of rotatable bonds is 7. The van der Waals surface area contributed by atoms with Crippen LogP contribution < -0.4 is 5.32 Å². The molecule has 1 fully saturated rings. The van der Waals surface area contributed by atoms with E-state index in [1.54, 1.807) is 0 Å². The second-order valence-corrected chi connectivity index (χ2v) is 7.14. The lowest BCUT2D eigenvalue weighted by molar-refractivity contribution is -0.137. The predicted molar refractivity (Wildman–Crippen MR) is 85.7 cm³/mol. The van der Waals surface area contributed by atoms with Gasteiger partial charge in [0.25, 0.3) is 0 Å². The topological polar surface area (TPSA) is 32.3 Å². The van der Waals surface area contributed by atoms with Gasteiger partial charge < -0.3 is 10.2 Å². The first-order valence-electron chi connectivity index (χ1n) is 8.46. The van der Waals surface area contributed by atoms with Gasteiger partial charge in [-0.25, -0.2) is 0 Å². The quantitative estimate of drug-likeness (QED) is 0.777. The van der Waals surface area contributed by atoms with Crippen LogP contribution in [0.25, 0.3) is 0 Å². The second kappa shape index (κ2) is 8.66. The molecule has 2 unspecified atom stereocenters. The summed E-state index contributed by atoms with van der Waals surface area (Å²) in [5, 5.41) is 3.66. The molecule has 0 bridgehead atoms. The summed E-state index contributed by atoms with van der Waals surface area (Å²) in [6.45, 7) is 13.7. The van der Waals surface area contributed by atoms with Crippen LogP contribution in [0.5, 0.6) is 0 Å². The van der Waals surface area contributed by atoms with Crippen molar-refractivity contribution in [3.05, 3.63) is 0 Å². The molecule has 0 radical (unpaired) electrons. The molecule has 3 heteroatoms. The van der Waals surface area contributed by atoms with Crippen molar-refractivity contribution in [2.24, 2.45) is 17.8 Å². The minimum Gasteiger partial charge on any atom is -0.341 e. The maximum atomic E-state index is 12.3. The number of nitrogens with one attached hydrogen (secondary N) is 1. The Bertz CT molecular complexity index is 289. The summed E-state index contributed by atoms with van der Waals surface area (Å²) < 4.78 is 0. The van der Waals surface area contributed by atoms with Crippen LogP contribution in [0.1, 0.15) is 60.3 Å². The van der Waals surface area contributed by atoms with Crippen LogP contribution in [-0.2, 0) is 4.79 Å². The Morgan fingerprint density at radius 1 is 1.25 bits per heavy atom. The number of hydrogen-bond donors (Lipinski definition) is 1. The highest BCUT2D eigenvalue weighted by Crippen LogP contribution is 2.23. The van der Waals surface area contributed by atoms with Crippen molar-refractivity contribution in [1.82, 2.24) is 10.2 Å². The SMILES string of the molecule is CCCCC1CC(NCC(C)C)CN(C(=O)C(C)C)C1. The lowest BCUT2D eigenvalue weighted by atomic mass is 9.89. The van der Waals surface area contributed by atoms with Crippen molar-refractivity contribution in [3.8, 4) is 0 Å². The van der Waals surface area contributed by atoms with Gasteiger partial charge in [-0.2, -0.15) is 0 Å². The summed E-state index contributed by atoms with van der Waals surface area (Å²) in [7, 11) is 0. The lowest BCUT2D eigenvalue weighted by Crippen LogP contribution is -2.52. The van der Waals surface area contributed by atoms with Crippen LogP contribution in [0, 0.1) is 17.8 Å². The predicted octanol–water partition coefficient (Wildman–Crippen LogP) is 3.30. The van der Waals surface area contributed by atoms with Crippen LogP contribution in [0.3, 0.4) is 0 Å². The van der Waals surface area contributed by atoms with Gasteiger partial charge in [-0.05, 0) is 31.2 Å². The van der Waals surface area contributed by atoms with Crippen molar-refractivity contribution in [1.29, 1.82) is 0 Å². The Kier molecular flexibility index (Phi) is 7.57. The Balaban J connectivity index is 2.59. The van der Waals surface area contributed by atoms with Crippen LogP contribution in [0.4, 0.5) is 0 Å². The van der Waals surface area contributed by atoms with Crippen LogP contribution in [0.15, 0.2) is 0 Å². The number of carbonyl (C=O) groups excluding carboxylic acids is 1. The van der Waals surface area contributed by atoms with Gasteiger partial charge in [0, 0.05) is 25.0 Å². The van der Waals surface area contributed by atoms with Gasteiger partial charge in [0.2, 0.25) is 5.91 Å². The standard InChI is InChI=1S/C17H34N2O/c1-6-7-8-15-9-16(18-10-13(2)3)12-19(11-15)17(20)14(4)5/h13-16,18H,6-12H2,1-5H3. The van der Waals surface area contributed by atoms with Gasteiger partial charge in [0.1, 0.15) is 0 Å². The molecule has 1 N–H and O–H groups in total. The number of amides is 1. The molecule has 1 heterocycles. The van der Waals surface area contributed by atoms with E-state index in [1.807, 2.05) is 13.8 Å². The highest BCUT2D eigenvalue weighted by atomic mass is 16.2. The number of hydrogen-bond acceptors (Lipinski definition) is 2. The molecule has 1 aliphatic rings. The summed E-state index contributed by atoms with van der Waals surface area (Å²) in [5.74, 6) is 1.78. The normalized spacial score (nSPS) is 23.6. The molecule has 0 aromatic rings. The Morgan fingerprint density at radius 2 is 1.95 bits per heavy atom. The second-order valence-electron chi connectivity index (χ2n) is 7.14. The van der Waals surface area contributed by atoms with Crippen molar-refractivity contribution < 1.29 is 4.79 Å². The Morgan fingerprint density at radius 3 is 2.50 bits per heavy atom. The van der Waals surface area contributed by atoms with E-state index >= 15 is 0 Å². The number of carbonyl (C=O) groups is 1. The molecule has 1 rings (SSSR count). The van der Waals surface area contributed by atoms with Gasteiger partial charge in [-0.15, -0.1) is 0 Å². The molecule has 3 nitrogen and oxygen atoms in total. The molecular formula is C17H34N2O. The first-order valence-corrected chi connectivity index (χ1v) is 8.46. The molecule has 2 atom stereocenters. The monoisotopic (exact) mass is 282 g/mol. The largest absolute Gasteiger partial charge is 0.341 e. The van der Waals surface area contributed by atoms with Crippen LogP contribution in [0.2, 0.25) is 0 Å². The molecule has 0 aromatic heterocycles. The Labute approximate surface area is 125 Å². The zero-order valence-electron chi connectivity index (χ0n) is 14.1. The molecule has 0 spiro atoms. The van der Waals surface area contributed by atoms with E-state index in [2.05, 4.69) is 31.0 Å². The number of nitrogens with zero attached hydrogens (tertiary/aromatic N) is 1. The smallest absolute Gasteiger partial charge is 0.225 e. The maximum Gasteiger partial charge on any atom is 0.225 e. The summed E-state index contributed by atoms with van der Waals surface area (Å²) in [6, 6.07) is 0.482. The first kappa shape index (κ1) is 17.5. The van der Waals surface area contributed by atoms with Gasteiger partial charge in [0.15, 0.2) is 0 Å². The summed E-state index contributed by atoms with van der Waals surface area (Å²) in [4.78, 5) is 14.4. The molecule has 1 aliphatic heterocycles. The number of piperidine rings is 1. The van der Waals surface area contributed by atoms with Crippen molar-refractivity contribution in [2.75, 3.05) is 19.6 Å². The van der Waals surface area contributed by atoms with Crippen molar-refractivity contribution in [3.63, 3.8) is 0 Å². The van der Waals surface area contributed by atoms with Crippen LogP contribution >= 0.6 is 0 Å². The van der Waals surface area contributed by atoms with E-state index in [4.69, 9.17) is 0 Å². The fourth-order valence-electron chi connectivity index (χ4n) is 3.00. The van der Waals surface area contributed by atoms with Gasteiger partial charge in [-0.1, -0.05) is 47.5 Å². The maximum absolute atomic E-state index is 12.3. The summed E-state index contributed by atoms with van der Waals surface area (Å²) in [6.07, 6.45) is 5.02. The van der Waals surface area contributed by atoms with E-state index in [0.29, 0.717) is 23.8 Å². The zero-order valence-corrected chi connectivity index (χ0v) is 14.1. The minimum absolute atomic E-state index is 0.116. The van der Waals surface area contributed by atoms with E-state index in [9.17, 15) is 4.79 Å². The third kappa shape index (κ3) is 5.82. The number of unbranched alkanes of at least 4 members (excludes halogenated alkanes) is 1. The average Bonchev–Trinajstić information content (AvgIpc) is 2.41. The third-order valence-electron chi connectivity index (χ3n) is 4.12. The van der Waals surface area contributed by atoms with Crippen LogP contribution in [-0.4, -0.2) is 36.5 Å². The van der Waals surface area contributed by atoms with Gasteiger partial charge in [0.05, 0.1) is 0 Å². The molecule has 0 aromatic carbocycles. The summed E-state index contributed by atoms with van der Waals surface area (Å²) >= 11 is 0. The highest BCUT2D eigenvalue weighted by Gasteiger charge is 2.30. The molecule has 0 aliphatic carbocycles. The molecule has 0 saturated carbocycles. The van der Waals surface area contributed by atoms with E-state index in [-0.39, 0.29) is 5.92 Å². The van der Waals surface area contributed by atoms with E-state index < -0.39 is 0 Å². The number of likely N-dealkylation sites (tertiary alicyclic amines) is 1. The van der Waals surface area contributed by atoms with E-state index in [1.165, 1.54) is 25.7 Å².